The SMILES string of the molecule is O=C(C1CCC1)N1CCCC[C@H]1c1nnn(-c2cccc(Cl)c2)n1. The maximum Gasteiger partial charge on any atom is 0.226 e. The minimum atomic E-state index is -0.0558. The number of nitrogens with zero attached hydrogens (tertiary/aromatic N) is 5. The van der Waals surface area contributed by atoms with Crippen molar-refractivity contribution in [1.29, 1.82) is 0 Å². The largest absolute Gasteiger partial charge is 0.332 e. The summed E-state index contributed by atoms with van der Waals surface area (Å²) in [6, 6.07) is 7.29. The second kappa shape index (κ2) is 6.51. The molecule has 7 heteroatoms. The summed E-state index contributed by atoms with van der Waals surface area (Å²) in [5.74, 6) is 1.10. The Hall–Kier alpha value is -1.95. The lowest BCUT2D eigenvalue weighted by Crippen LogP contribution is -2.44. The molecule has 24 heavy (non-hydrogen) atoms. The van der Waals surface area contributed by atoms with Gasteiger partial charge in [0.25, 0.3) is 0 Å². The highest BCUT2D eigenvalue weighted by Crippen LogP contribution is 2.35. The zero-order valence-corrected chi connectivity index (χ0v) is 14.2. The first-order valence-corrected chi connectivity index (χ1v) is 8.96. The van der Waals surface area contributed by atoms with E-state index in [1.165, 1.54) is 4.80 Å². The first kappa shape index (κ1) is 15.6. The molecule has 4 rings (SSSR count). The van der Waals surface area contributed by atoms with Gasteiger partial charge in [0, 0.05) is 17.5 Å². The van der Waals surface area contributed by atoms with Gasteiger partial charge in [-0.1, -0.05) is 24.1 Å². The van der Waals surface area contributed by atoms with E-state index in [4.69, 9.17) is 11.6 Å². The molecule has 1 aliphatic heterocycles. The average Bonchev–Trinajstić information content (AvgIpc) is 3.03. The number of hydrogen-bond donors (Lipinski definition) is 0. The Bertz CT molecular complexity index is 742. The molecule has 6 nitrogen and oxygen atoms in total. The molecule has 0 N–H and O–H groups in total. The van der Waals surface area contributed by atoms with Crippen LogP contribution in [0.15, 0.2) is 24.3 Å². The molecule has 0 radical (unpaired) electrons. The topological polar surface area (TPSA) is 63.9 Å². The van der Waals surface area contributed by atoms with Crippen LogP contribution >= 0.6 is 11.6 Å². The highest BCUT2D eigenvalue weighted by molar-refractivity contribution is 6.30. The molecule has 1 aromatic carbocycles. The summed E-state index contributed by atoms with van der Waals surface area (Å²) in [6.45, 7) is 0.797. The molecule has 1 saturated carbocycles. The summed E-state index contributed by atoms with van der Waals surface area (Å²) in [4.78, 5) is 16.2. The highest BCUT2D eigenvalue weighted by Gasteiger charge is 2.36. The minimum absolute atomic E-state index is 0.0558. The van der Waals surface area contributed by atoms with Crippen molar-refractivity contribution in [3.05, 3.63) is 35.1 Å². The molecule has 2 fully saturated rings. The Labute approximate surface area is 145 Å². The predicted octanol–water partition coefficient (Wildman–Crippen LogP) is 3.17. The molecular weight excluding hydrogens is 326 g/mol. The van der Waals surface area contributed by atoms with Crippen LogP contribution in [0.5, 0.6) is 0 Å². The third-order valence-electron chi connectivity index (χ3n) is 5.01. The van der Waals surface area contributed by atoms with Crippen LogP contribution in [-0.4, -0.2) is 37.6 Å². The van der Waals surface area contributed by atoms with Crippen LogP contribution in [0.2, 0.25) is 5.02 Å². The second-order valence-corrected chi connectivity index (χ2v) is 7.02. The second-order valence-electron chi connectivity index (χ2n) is 6.59. The maximum atomic E-state index is 12.7. The van der Waals surface area contributed by atoms with Crippen molar-refractivity contribution in [2.75, 3.05) is 6.54 Å². The quantitative estimate of drug-likeness (QED) is 0.857. The van der Waals surface area contributed by atoms with Crippen LogP contribution in [-0.2, 0) is 4.79 Å². The number of hydrogen-bond acceptors (Lipinski definition) is 4. The lowest BCUT2D eigenvalue weighted by molar-refractivity contribution is -0.142. The Kier molecular flexibility index (Phi) is 4.22. The summed E-state index contributed by atoms with van der Waals surface area (Å²) < 4.78 is 0. The number of likely N-dealkylation sites (tertiary alicyclic amines) is 1. The molecule has 1 atom stereocenters. The number of halogens is 1. The number of benzene rings is 1. The van der Waals surface area contributed by atoms with Gasteiger partial charge in [-0.3, -0.25) is 4.79 Å². The van der Waals surface area contributed by atoms with Crippen molar-refractivity contribution in [3.8, 4) is 5.69 Å². The van der Waals surface area contributed by atoms with Crippen molar-refractivity contribution in [2.45, 2.75) is 44.6 Å². The van der Waals surface area contributed by atoms with E-state index in [9.17, 15) is 4.79 Å². The fourth-order valence-corrected chi connectivity index (χ4v) is 3.61. The summed E-state index contributed by atoms with van der Waals surface area (Å²) in [5.41, 5.74) is 0.772. The van der Waals surface area contributed by atoms with Crippen molar-refractivity contribution in [2.24, 2.45) is 5.92 Å². The van der Waals surface area contributed by atoms with Crippen LogP contribution in [0.25, 0.3) is 5.69 Å². The fraction of sp³-hybridized carbons (Fsp3) is 0.529. The Morgan fingerprint density at radius 1 is 1.17 bits per heavy atom. The highest BCUT2D eigenvalue weighted by atomic mass is 35.5. The van der Waals surface area contributed by atoms with Gasteiger partial charge in [-0.2, -0.15) is 0 Å². The smallest absolute Gasteiger partial charge is 0.226 e. The van der Waals surface area contributed by atoms with Gasteiger partial charge in [-0.25, -0.2) is 0 Å². The number of tetrazole rings is 1. The summed E-state index contributed by atoms with van der Waals surface area (Å²) >= 11 is 6.03. The van der Waals surface area contributed by atoms with Gasteiger partial charge in [-0.15, -0.1) is 15.0 Å². The number of carbonyl (C=O) groups is 1. The number of piperidine rings is 1. The zero-order chi connectivity index (χ0) is 16.5. The molecule has 1 aromatic heterocycles. The molecule has 2 heterocycles. The molecule has 1 aliphatic carbocycles. The first-order chi connectivity index (χ1) is 11.7. The van der Waals surface area contributed by atoms with Gasteiger partial charge in [0.05, 0.1) is 11.7 Å². The van der Waals surface area contributed by atoms with Gasteiger partial charge in [0.2, 0.25) is 5.91 Å². The van der Waals surface area contributed by atoms with E-state index in [1.807, 2.05) is 23.1 Å². The van der Waals surface area contributed by atoms with E-state index in [0.29, 0.717) is 10.8 Å². The third-order valence-corrected chi connectivity index (χ3v) is 5.24. The molecule has 0 unspecified atom stereocenters. The van der Waals surface area contributed by atoms with Gasteiger partial charge in [0.15, 0.2) is 5.82 Å². The molecule has 2 aromatic rings. The van der Waals surface area contributed by atoms with Gasteiger partial charge < -0.3 is 4.90 Å². The summed E-state index contributed by atoms with van der Waals surface area (Å²) in [5, 5.41) is 13.5. The Morgan fingerprint density at radius 2 is 2.04 bits per heavy atom. The van der Waals surface area contributed by atoms with Gasteiger partial charge >= 0.3 is 0 Å². The number of carbonyl (C=O) groups excluding carboxylic acids is 1. The number of rotatable bonds is 3. The van der Waals surface area contributed by atoms with E-state index >= 15 is 0 Å². The molecular formula is C17H20ClN5O. The van der Waals surface area contributed by atoms with E-state index in [-0.39, 0.29) is 17.9 Å². The molecule has 2 aliphatic rings. The number of aromatic nitrogens is 4. The van der Waals surface area contributed by atoms with Crippen LogP contribution in [0.1, 0.15) is 50.4 Å². The van der Waals surface area contributed by atoms with Crippen molar-refractivity contribution in [3.63, 3.8) is 0 Å². The van der Waals surface area contributed by atoms with Crippen molar-refractivity contribution >= 4 is 17.5 Å². The number of amides is 1. The van der Waals surface area contributed by atoms with E-state index < -0.39 is 0 Å². The van der Waals surface area contributed by atoms with Crippen molar-refractivity contribution < 1.29 is 4.79 Å². The minimum Gasteiger partial charge on any atom is -0.332 e. The average molecular weight is 346 g/mol. The summed E-state index contributed by atoms with van der Waals surface area (Å²) in [7, 11) is 0. The molecule has 1 saturated heterocycles. The van der Waals surface area contributed by atoms with Gasteiger partial charge in [0.1, 0.15) is 0 Å². The lowest BCUT2D eigenvalue weighted by atomic mass is 9.83. The maximum absolute atomic E-state index is 12.7. The van der Waals surface area contributed by atoms with E-state index in [1.54, 1.807) is 6.07 Å². The van der Waals surface area contributed by atoms with Gasteiger partial charge in [-0.05, 0) is 55.5 Å². The molecule has 0 spiro atoms. The standard InChI is InChI=1S/C17H20ClN5O/c18-13-7-4-8-14(11-13)23-20-16(19-21-23)15-9-1-2-10-22(15)17(24)12-5-3-6-12/h4,7-8,11-12,15H,1-3,5-6,9-10H2/t15-/m0/s1. The van der Waals surface area contributed by atoms with E-state index in [2.05, 4.69) is 15.4 Å². The zero-order valence-electron chi connectivity index (χ0n) is 13.4. The van der Waals surface area contributed by atoms with E-state index in [0.717, 1.165) is 50.8 Å². The lowest BCUT2D eigenvalue weighted by Gasteiger charge is -2.38. The van der Waals surface area contributed by atoms with Crippen LogP contribution in [0.3, 0.4) is 0 Å². The fourth-order valence-electron chi connectivity index (χ4n) is 3.42. The molecule has 1 amide bonds. The molecule has 126 valence electrons. The summed E-state index contributed by atoms with van der Waals surface area (Å²) in [6.07, 6.45) is 6.25. The normalized spacial score (nSPS) is 21.5. The van der Waals surface area contributed by atoms with Crippen molar-refractivity contribution in [1.82, 2.24) is 25.1 Å². The first-order valence-electron chi connectivity index (χ1n) is 8.59. The van der Waals surface area contributed by atoms with Crippen LogP contribution in [0.4, 0.5) is 0 Å². The Balaban J connectivity index is 1.58. The van der Waals surface area contributed by atoms with Crippen LogP contribution < -0.4 is 0 Å². The monoisotopic (exact) mass is 345 g/mol. The van der Waals surface area contributed by atoms with Crippen LogP contribution in [0, 0.1) is 5.92 Å². The predicted molar refractivity (Wildman–Crippen MR) is 89.8 cm³/mol. The third kappa shape index (κ3) is 2.90. The Morgan fingerprint density at radius 3 is 2.79 bits per heavy atom. The molecule has 0 bridgehead atoms.